The Morgan fingerprint density at radius 1 is 1.62 bits per heavy atom. The van der Waals surface area contributed by atoms with E-state index in [1.165, 1.54) is 0 Å². The molecule has 13 heavy (non-hydrogen) atoms. The zero-order valence-corrected chi connectivity index (χ0v) is 8.12. The molecule has 0 saturated carbocycles. The van der Waals surface area contributed by atoms with Gasteiger partial charge in [-0.1, -0.05) is 13.8 Å². The molecule has 1 aliphatic heterocycles. The number of carbonyl (C=O) groups is 1. The van der Waals surface area contributed by atoms with Crippen LogP contribution in [0.2, 0.25) is 0 Å². The first kappa shape index (κ1) is 10.5. The Morgan fingerprint density at radius 3 is 2.54 bits per heavy atom. The summed E-state index contributed by atoms with van der Waals surface area (Å²) in [7, 11) is 0. The Kier molecular flexibility index (Phi) is 3.69. The molecule has 0 aromatic heterocycles. The lowest BCUT2D eigenvalue weighted by molar-refractivity contribution is -0.157. The Labute approximate surface area is 78.3 Å². The Balaban J connectivity index is 2.32. The molecule has 1 fully saturated rings. The molecular formula is C9H17NO3. The van der Waals surface area contributed by atoms with E-state index in [2.05, 4.69) is 5.32 Å². The average Bonchev–Trinajstić information content (AvgIpc) is 1.92. The highest BCUT2D eigenvalue weighted by Crippen LogP contribution is 2.12. The van der Waals surface area contributed by atoms with Crippen molar-refractivity contribution in [2.24, 2.45) is 5.92 Å². The second kappa shape index (κ2) is 4.58. The second-order valence-corrected chi connectivity index (χ2v) is 3.87. The predicted molar refractivity (Wildman–Crippen MR) is 48.6 cm³/mol. The van der Waals surface area contributed by atoms with E-state index in [0.29, 0.717) is 12.3 Å². The van der Waals surface area contributed by atoms with Gasteiger partial charge in [-0.3, -0.25) is 0 Å². The maximum Gasteiger partial charge on any atom is 0.332 e. The minimum absolute atomic E-state index is 0.0971. The monoisotopic (exact) mass is 187 g/mol. The number of ether oxygens (including phenoxy) is 1. The lowest BCUT2D eigenvalue weighted by Gasteiger charge is -2.30. The minimum atomic E-state index is -0.847. The van der Waals surface area contributed by atoms with Crippen LogP contribution in [0, 0.1) is 5.92 Å². The molecule has 76 valence electrons. The van der Waals surface area contributed by atoms with Gasteiger partial charge in [0.25, 0.3) is 0 Å². The molecule has 0 aromatic rings. The fourth-order valence-electron chi connectivity index (χ4n) is 1.23. The standard InChI is InChI=1S/C9H17NO3/c1-6(2)3-8(9(11)12)13-7-4-10-5-7/h6-8,10H,3-5H2,1-2H3,(H,11,12). The van der Waals surface area contributed by atoms with E-state index >= 15 is 0 Å². The van der Waals surface area contributed by atoms with Crippen molar-refractivity contribution in [3.63, 3.8) is 0 Å². The van der Waals surface area contributed by atoms with Gasteiger partial charge in [-0.05, 0) is 12.3 Å². The van der Waals surface area contributed by atoms with Gasteiger partial charge in [0, 0.05) is 13.1 Å². The first-order chi connectivity index (χ1) is 6.09. The maximum atomic E-state index is 10.8. The van der Waals surface area contributed by atoms with Gasteiger partial charge in [-0.15, -0.1) is 0 Å². The summed E-state index contributed by atoms with van der Waals surface area (Å²) in [6.07, 6.45) is 0.0539. The van der Waals surface area contributed by atoms with E-state index in [9.17, 15) is 4.79 Å². The van der Waals surface area contributed by atoms with Crippen LogP contribution < -0.4 is 5.32 Å². The summed E-state index contributed by atoms with van der Waals surface area (Å²) in [5.41, 5.74) is 0. The van der Waals surface area contributed by atoms with E-state index in [1.807, 2.05) is 13.8 Å². The largest absolute Gasteiger partial charge is 0.479 e. The molecule has 1 saturated heterocycles. The highest BCUT2D eigenvalue weighted by Gasteiger charge is 2.26. The Morgan fingerprint density at radius 2 is 2.23 bits per heavy atom. The molecule has 0 spiro atoms. The van der Waals surface area contributed by atoms with E-state index in [1.54, 1.807) is 0 Å². The van der Waals surface area contributed by atoms with Gasteiger partial charge in [0.15, 0.2) is 6.10 Å². The van der Waals surface area contributed by atoms with Gasteiger partial charge in [0.2, 0.25) is 0 Å². The zero-order valence-electron chi connectivity index (χ0n) is 8.12. The summed E-state index contributed by atoms with van der Waals surface area (Å²) in [5.74, 6) is -0.491. The van der Waals surface area contributed by atoms with Crippen molar-refractivity contribution in [2.75, 3.05) is 13.1 Å². The van der Waals surface area contributed by atoms with E-state index in [0.717, 1.165) is 13.1 Å². The van der Waals surface area contributed by atoms with Crippen molar-refractivity contribution < 1.29 is 14.6 Å². The van der Waals surface area contributed by atoms with Crippen LogP contribution in [0.15, 0.2) is 0 Å². The van der Waals surface area contributed by atoms with Crippen molar-refractivity contribution in [3.8, 4) is 0 Å². The summed E-state index contributed by atoms with van der Waals surface area (Å²) in [6.45, 7) is 5.56. The fraction of sp³-hybridized carbons (Fsp3) is 0.889. The summed E-state index contributed by atoms with van der Waals surface area (Å²) in [6, 6.07) is 0. The smallest absolute Gasteiger partial charge is 0.332 e. The lowest BCUT2D eigenvalue weighted by atomic mass is 10.1. The van der Waals surface area contributed by atoms with E-state index < -0.39 is 12.1 Å². The van der Waals surface area contributed by atoms with Crippen molar-refractivity contribution in [3.05, 3.63) is 0 Å². The van der Waals surface area contributed by atoms with Crippen molar-refractivity contribution in [2.45, 2.75) is 32.5 Å². The molecule has 4 nitrogen and oxygen atoms in total. The Bertz CT molecular complexity index is 178. The van der Waals surface area contributed by atoms with Gasteiger partial charge >= 0.3 is 5.97 Å². The zero-order chi connectivity index (χ0) is 9.84. The minimum Gasteiger partial charge on any atom is -0.479 e. The van der Waals surface area contributed by atoms with Crippen molar-refractivity contribution in [1.29, 1.82) is 0 Å². The van der Waals surface area contributed by atoms with Gasteiger partial charge in [0.1, 0.15) is 0 Å². The van der Waals surface area contributed by atoms with Gasteiger partial charge in [-0.2, -0.15) is 0 Å². The maximum absolute atomic E-state index is 10.8. The van der Waals surface area contributed by atoms with Crippen molar-refractivity contribution in [1.82, 2.24) is 5.32 Å². The van der Waals surface area contributed by atoms with Crippen LogP contribution in [0.5, 0.6) is 0 Å². The molecule has 0 aliphatic carbocycles. The summed E-state index contributed by atoms with van der Waals surface area (Å²) < 4.78 is 5.40. The molecule has 1 atom stereocenters. The Hall–Kier alpha value is -0.610. The summed E-state index contributed by atoms with van der Waals surface area (Å²) >= 11 is 0. The highest BCUT2D eigenvalue weighted by molar-refractivity contribution is 5.72. The molecule has 0 bridgehead atoms. The summed E-state index contributed by atoms with van der Waals surface area (Å²) in [5, 5.41) is 11.9. The molecule has 0 aromatic carbocycles. The number of hydrogen-bond donors (Lipinski definition) is 2. The van der Waals surface area contributed by atoms with Gasteiger partial charge in [0.05, 0.1) is 6.10 Å². The SMILES string of the molecule is CC(C)CC(OC1CNC1)C(=O)O. The molecule has 4 heteroatoms. The highest BCUT2D eigenvalue weighted by atomic mass is 16.5. The van der Waals surface area contributed by atoms with Crippen LogP contribution >= 0.6 is 0 Å². The average molecular weight is 187 g/mol. The topological polar surface area (TPSA) is 58.6 Å². The van der Waals surface area contributed by atoms with E-state index in [4.69, 9.17) is 9.84 Å². The number of hydrogen-bond acceptors (Lipinski definition) is 3. The van der Waals surface area contributed by atoms with Crippen molar-refractivity contribution >= 4 is 5.97 Å². The molecular weight excluding hydrogens is 170 g/mol. The first-order valence-electron chi connectivity index (χ1n) is 4.68. The fourth-order valence-corrected chi connectivity index (χ4v) is 1.23. The third-order valence-electron chi connectivity index (χ3n) is 2.06. The summed E-state index contributed by atoms with van der Waals surface area (Å²) in [4.78, 5) is 10.8. The van der Waals surface area contributed by atoms with Crippen LogP contribution in [-0.4, -0.2) is 36.4 Å². The number of carboxylic acid groups (broad SMARTS) is 1. The first-order valence-corrected chi connectivity index (χ1v) is 4.68. The van der Waals surface area contributed by atoms with Crippen LogP contribution in [0.25, 0.3) is 0 Å². The van der Waals surface area contributed by atoms with Gasteiger partial charge < -0.3 is 15.2 Å². The molecule has 0 amide bonds. The molecule has 1 rings (SSSR count). The quantitative estimate of drug-likeness (QED) is 0.657. The molecule has 1 aliphatic rings. The third-order valence-corrected chi connectivity index (χ3v) is 2.06. The van der Waals surface area contributed by atoms with Gasteiger partial charge in [-0.25, -0.2) is 4.79 Å². The van der Waals surface area contributed by atoms with Crippen LogP contribution in [0.4, 0.5) is 0 Å². The van der Waals surface area contributed by atoms with Crippen LogP contribution in [-0.2, 0) is 9.53 Å². The normalized spacial score (nSPS) is 19.9. The van der Waals surface area contributed by atoms with Crippen LogP contribution in [0.1, 0.15) is 20.3 Å². The number of rotatable bonds is 5. The number of aliphatic carboxylic acids is 1. The lowest BCUT2D eigenvalue weighted by Crippen LogP contribution is -2.51. The third kappa shape index (κ3) is 3.32. The number of nitrogens with one attached hydrogen (secondary N) is 1. The van der Waals surface area contributed by atoms with E-state index in [-0.39, 0.29) is 6.10 Å². The molecule has 2 N–H and O–H groups in total. The molecule has 1 heterocycles. The number of carboxylic acids is 1. The predicted octanol–water partition coefficient (Wildman–Crippen LogP) is 0.474. The molecule has 0 radical (unpaired) electrons. The molecule has 1 unspecified atom stereocenters. The van der Waals surface area contributed by atoms with Crippen LogP contribution in [0.3, 0.4) is 0 Å². The second-order valence-electron chi connectivity index (χ2n) is 3.87.